The van der Waals surface area contributed by atoms with Gasteiger partial charge in [-0.05, 0) is 30.9 Å². The minimum absolute atomic E-state index is 0.0427. The second kappa shape index (κ2) is 8.05. The molecule has 12 heteroatoms. The predicted octanol–water partition coefficient (Wildman–Crippen LogP) is 1.86. The van der Waals surface area contributed by atoms with Crippen molar-refractivity contribution >= 4 is 23.2 Å². The number of aromatic nitrogens is 5. The number of aromatic amines is 2. The number of nitrogens with zero attached hydrogens (tertiary/aromatic N) is 3. The van der Waals surface area contributed by atoms with Crippen LogP contribution in [0, 0.1) is 0 Å². The van der Waals surface area contributed by atoms with Crippen LogP contribution in [0.5, 0.6) is 11.6 Å². The topological polar surface area (TPSA) is 143 Å². The molecular formula is C18H15Cl2N5O5. The van der Waals surface area contributed by atoms with Crippen LogP contribution >= 0.6 is 23.2 Å². The molecule has 0 atom stereocenters. The molecule has 0 bridgehead atoms. The molecule has 3 aromatic rings. The summed E-state index contributed by atoms with van der Waals surface area (Å²) in [4.78, 5) is 37.7. The number of nitrogens with one attached hydrogen (secondary N) is 2. The summed E-state index contributed by atoms with van der Waals surface area (Å²) >= 11 is 12.6. The second-order valence-electron chi connectivity index (χ2n) is 6.73. The number of H-pyrrole nitrogens is 2. The molecule has 0 radical (unpaired) electrons. The van der Waals surface area contributed by atoms with Gasteiger partial charge >= 0.3 is 5.69 Å². The second-order valence-corrected chi connectivity index (χ2v) is 7.55. The zero-order valence-electron chi connectivity index (χ0n) is 15.3. The molecule has 1 aromatic carbocycles. The van der Waals surface area contributed by atoms with E-state index in [2.05, 4.69) is 20.3 Å². The lowest BCUT2D eigenvalue weighted by Crippen LogP contribution is -2.34. The normalized spacial score (nSPS) is 13.8. The zero-order chi connectivity index (χ0) is 21.4. The van der Waals surface area contributed by atoms with Gasteiger partial charge < -0.3 is 9.84 Å². The van der Waals surface area contributed by atoms with Crippen LogP contribution in [0.1, 0.15) is 36.4 Å². The third-order valence-electron chi connectivity index (χ3n) is 4.83. The fraction of sp³-hybridized carbons (Fsp3) is 0.278. The summed E-state index contributed by atoms with van der Waals surface area (Å²) in [5, 5.41) is 19.4. The first kappa shape index (κ1) is 20.3. The Kier molecular flexibility index (Phi) is 5.46. The lowest BCUT2D eigenvalue weighted by molar-refractivity contribution is 0.271. The molecule has 3 N–H and O–H groups in total. The molecule has 1 fully saturated rings. The minimum Gasteiger partial charge on any atom is -0.434 e. The zero-order valence-corrected chi connectivity index (χ0v) is 16.8. The van der Waals surface area contributed by atoms with Crippen LogP contribution in [-0.4, -0.2) is 30.1 Å². The Bertz CT molecular complexity index is 1270. The lowest BCUT2D eigenvalue weighted by atomic mass is 9.81. The van der Waals surface area contributed by atoms with Gasteiger partial charge in [-0.3, -0.25) is 14.6 Å². The van der Waals surface area contributed by atoms with E-state index >= 15 is 0 Å². The smallest absolute Gasteiger partial charge is 0.349 e. The SMILES string of the molecule is O=c1[nH]nc(Oc2c(Cl)cc(-n3nc(CO)c(=O)[nH]c3=O)cc2Cl)cc1C1CCC1. The largest absolute Gasteiger partial charge is 0.434 e. The van der Waals surface area contributed by atoms with Crippen molar-refractivity contribution in [3.05, 3.63) is 70.7 Å². The molecule has 0 unspecified atom stereocenters. The van der Waals surface area contributed by atoms with Gasteiger partial charge in [0, 0.05) is 11.6 Å². The highest BCUT2D eigenvalue weighted by Gasteiger charge is 2.24. The fourth-order valence-corrected chi connectivity index (χ4v) is 3.61. The van der Waals surface area contributed by atoms with Crippen LogP contribution in [0.25, 0.3) is 5.69 Å². The predicted molar refractivity (Wildman–Crippen MR) is 108 cm³/mol. The summed E-state index contributed by atoms with van der Waals surface area (Å²) in [7, 11) is 0. The molecule has 156 valence electrons. The van der Waals surface area contributed by atoms with Crippen molar-refractivity contribution in [2.24, 2.45) is 0 Å². The van der Waals surface area contributed by atoms with E-state index in [0.29, 0.717) is 5.56 Å². The van der Waals surface area contributed by atoms with E-state index in [0.717, 1.165) is 23.9 Å². The first-order valence-electron chi connectivity index (χ1n) is 8.97. The van der Waals surface area contributed by atoms with E-state index < -0.39 is 17.9 Å². The van der Waals surface area contributed by atoms with Crippen molar-refractivity contribution in [3.63, 3.8) is 0 Å². The molecule has 2 heterocycles. The van der Waals surface area contributed by atoms with E-state index in [9.17, 15) is 19.5 Å². The van der Waals surface area contributed by atoms with Gasteiger partial charge in [-0.2, -0.15) is 9.78 Å². The van der Waals surface area contributed by atoms with Gasteiger partial charge in [0.2, 0.25) is 5.88 Å². The number of ether oxygens (including phenoxy) is 1. The fourth-order valence-electron chi connectivity index (χ4n) is 3.06. The minimum atomic E-state index is -0.828. The lowest BCUT2D eigenvalue weighted by Gasteiger charge is -2.24. The molecule has 30 heavy (non-hydrogen) atoms. The van der Waals surface area contributed by atoms with Crippen molar-refractivity contribution in [3.8, 4) is 17.3 Å². The van der Waals surface area contributed by atoms with Crippen LogP contribution in [0.15, 0.2) is 32.6 Å². The van der Waals surface area contributed by atoms with Crippen molar-refractivity contribution < 1.29 is 9.84 Å². The molecule has 0 amide bonds. The summed E-state index contributed by atoms with van der Waals surface area (Å²) in [6.45, 7) is -0.653. The summed E-state index contributed by atoms with van der Waals surface area (Å²) < 4.78 is 6.54. The van der Waals surface area contributed by atoms with Gasteiger partial charge in [-0.15, -0.1) is 5.10 Å². The van der Waals surface area contributed by atoms with Crippen LogP contribution in [0.2, 0.25) is 10.0 Å². The highest BCUT2D eigenvalue weighted by Crippen LogP contribution is 2.39. The van der Waals surface area contributed by atoms with Crippen LogP contribution < -0.4 is 21.5 Å². The summed E-state index contributed by atoms with van der Waals surface area (Å²) in [5.74, 6) is 0.363. The van der Waals surface area contributed by atoms with E-state index in [-0.39, 0.29) is 44.5 Å². The Morgan fingerprint density at radius 2 is 1.83 bits per heavy atom. The first-order chi connectivity index (χ1) is 14.4. The van der Waals surface area contributed by atoms with E-state index in [4.69, 9.17) is 27.9 Å². The third kappa shape index (κ3) is 3.76. The van der Waals surface area contributed by atoms with Crippen molar-refractivity contribution in [1.82, 2.24) is 25.0 Å². The third-order valence-corrected chi connectivity index (χ3v) is 5.39. The van der Waals surface area contributed by atoms with Crippen molar-refractivity contribution in [2.75, 3.05) is 0 Å². The van der Waals surface area contributed by atoms with Gasteiger partial charge in [-0.1, -0.05) is 29.6 Å². The monoisotopic (exact) mass is 451 g/mol. The molecule has 4 rings (SSSR count). The van der Waals surface area contributed by atoms with Crippen LogP contribution in [0.3, 0.4) is 0 Å². The summed E-state index contributed by atoms with van der Waals surface area (Å²) in [5.41, 5.74) is -1.38. The number of hydrogen-bond acceptors (Lipinski definition) is 7. The van der Waals surface area contributed by atoms with E-state index in [1.54, 1.807) is 6.07 Å². The summed E-state index contributed by atoms with van der Waals surface area (Å²) in [6.07, 6.45) is 2.93. The number of halogens is 2. The van der Waals surface area contributed by atoms with Gasteiger partial charge in [-0.25, -0.2) is 9.89 Å². The molecule has 0 spiro atoms. The number of rotatable bonds is 5. The van der Waals surface area contributed by atoms with Gasteiger partial charge in [0.05, 0.1) is 22.3 Å². The van der Waals surface area contributed by atoms with Gasteiger partial charge in [0.15, 0.2) is 11.4 Å². The van der Waals surface area contributed by atoms with Crippen molar-refractivity contribution in [1.29, 1.82) is 0 Å². The molecule has 0 saturated heterocycles. The average Bonchev–Trinajstić information content (AvgIpc) is 2.65. The Balaban J connectivity index is 1.70. The van der Waals surface area contributed by atoms with E-state index in [1.807, 2.05) is 0 Å². The Labute approximate surface area is 178 Å². The standard InChI is InChI=1S/C18H15Cl2N5O5/c19-11-4-9(25-18(29)21-17(28)13(7-26)24-25)5-12(20)15(11)30-14-6-10(8-2-1-3-8)16(27)23-22-14/h4-6,8,26H,1-3,7H2,(H,23,27)(H,21,28,29). The Hall–Kier alpha value is -2.95. The van der Waals surface area contributed by atoms with Gasteiger partial charge in [0.1, 0.15) is 0 Å². The molecule has 2 aromatic heterocycles. The molecule has 1 saturated carbocycles. The van der Waals surface area contributed by atoms with Crippen molar-refractivity contribution in [2.45, 2.75) is 31.8 Å². The van der Waals surface area contributed by atoms with Crippen LogP contribution in [0.4, 0.5) is 0 Å². The number of hydrogen-bond donors (Lipinski definition) is 3. The maximum atomic E-state index is 12.1. The van der Waals surface area contributed by atoms with Crippen LogP contribution in [-0.2, 0) is 6.61 Å². The van der Waals surface area contributed by atoms with Gasteiger partial charge in [0.25, 0.3) is 11.1 Å². The molecule has 1 aliphatic carbocycles. The quantitative estimate of drug-likeness (QED) is 0.536. The number of aliphatic hydroxyl groups is 1. The summed E-state index contributed by atoms with van der Waals surface area (Å²) in [6, 6.07) is 4.27. The Morgan fingerprint density at radius 1 is 1.13 bits per heavy atom. The maximum Gasteiger partial charge on any atom is 0.349 e. The number of benzene rings is 1. The first-order valence-corrected chi connectivity index (χ1v) is 9.73. The Morgan fingerprint density at radius 3 is 2.43 bits per heavy atom. The maximum absolute atomic E-state index is 12.1. The molecule has 10 nitrogen and oxygen atoms in total. The molecular weight excluding hydrogens is 437 g/mol. The highest BCUT2D eigenvalue weighted by molar-refractivity contribution is 6.37. The average molecular weight is 452 g/mol. The molecule has 0 aliphatic heterocycles. The highest BCUT2D eigenvalue weighted by atomic mass is 35.5. The molecule has 1 aliphatic rings. The van der Waals surface area contributed by atoms with E-state index in [1.165, 1.54) is 12.1 Å². The number of aliphatic hydroxyl groups excluding tert-OH is 1.